The maximum Gasteiger partial charge on any atom is 0.229 e. The molecule has 2 aliphatic rings. The lowest BCUT2D eigenvalue weighted by molar-refractivity contribution is -0.143. The highest BCUT2D eigenvalue weighted by Crippen LogP contribution is 2.40. The number of carbonyl (C=O) groups is 1. The van der Waals surface area contributed by atoms with E-state index in [1.54, 1.807) is 0 Å². The molecule has 1 atom stereocenters. The number of rotatable bonds is 2. The van der Waals surface area contributed by atoms with Gasteiger partial charge in [0.15, 0.2) is 0 Å². The van der Waals surface area contributed by atoms with Crippen molar-refractivity contribution in [2.45, 2.75) is 25.8 Å². The van der Waals surface area contributed by atoms with Gasteiger partial charge in [0.2, 0.25) is 5.91 Å². The van der Waals surface area contributed by atoms with E-state index in [0.717, 1.165) is 45.4 Å². The van der Waals surface area contributed by atoms with Crippen molar-refractivity contribution < 1.29 is 4.79 Å². The Kier molecular flexibility index (Phi) is 3.61. The van der Waals surface area contributed by atoms with Crippen molar-refractivity contribution in [1.82, 2.24) is 9.80 Å². The summed E-state index contributed by atoms with van der Waals surface area (Å²) >= 11 is 0. The maximum atomic E-state index is 12.6. The van der Waals surface area contributed by atoms with Gasteiger partial charge in [-0.2, -0.15) is 0 Å². The molecule has 23 heavy (non-hydrogen) atoms. The lowest BCUT2D eigenvalue weighted by Gasteiger charge is -2.37. The van der Waals surface area contributed by atoms with Crippen molar-refractivity contribution >= 4 is 16.7 Å². The third-order valence-corrected chi connectivity index (χ3v) is 5.60. The van der Waals surface area contributed by atoms with Crippen LogP contribution in [0.4, 0.5) is 0 Å². The van der Waals surface area contributed by atoms with Gasteiger partial charge in [-0.1, -0.05) is 36.4 Å². The Balaban J connectivity index is 1.50. The number of likely N-dealkylation sites (tertiary alicyclic amines) is 2. The minimum absolute atomic E-state index is 0.107. The number of benzene rings is 2. The van der Waals surface area contributed by atoms with Crippen molar-refractivity contribution in [3.05, 3.63) is 48.0 Å². The van der Waals surface area contributed by atoms with Crippen LogP contribution < -0.4 is 0 Å². The van der Waals surface area contributed by atoms with E-state index in [-0.39, 0.29) is 5.41 Å². The molecule has 2 aromatic rings. The molecule has 0 saturated carbocycles. The molecule has 0 aliphatic carbocycles. The third-order valence-electron chi connectivity index (χ3n) is 5.60. The van der Waals surface area contributed by atoms with Crippen LogP contribution in [0.3, 0.4) is 0 Å². The first-order valence-corrected chi connectivity index (χ1v) is 8.62. The van der Waals surface area contributed by atoms with Crippen molar-refractivity contribution in [3.63, 3.8) is 0 Å². The van der Waals surface area contributed by atoms with Gasteiger partial charge in [0.25, 0.3) is 0 Å². The van der Waals surface area contributed by atoms with Crippen LogP contribution >= 0.6 is 0 Å². The predicted molar refractivity (Wildman–Crippen MR) is 93.1 cm³/mol. The van der Waals surface area contributed by atoms with Gasteiger partial charge in [-0.3, -0.25) is 9.69 Å². The van der Waals surface area contributed by atoms with Gasteiger partial charge in [0.05, 0.1) is 5.41 Å². The first-order chi connectivity index (χ1) is 11.2. The third kappa shape index (κ3) is 2.63. The van der Waals surface area contributed by atoms with Gasteiger partial charge >= 0.3 is 0 Å². The lowest BCUT2D eigenvalue weighted by atomic mass is 9.78. The molecule has 4 rings (SSSR count). The number of nitrogens with zero attached hydrogens (tertiary/aromatic N) is 2. The van der Waals surface area contributed by atoms with E-state index in [4.69, 9.17) is 0 Å². The molecular formula is C20H24N2O. The monoisotopic (exact) mass is 308 g/mol. The van der Waals surface area contributed by atoms with Crippen LogP contribution in [-0.4, -0.2) is 42.4 Å². The van der Waals surface area contributed by atoms with Gasteiger partial charge in [-0.05, 0) is 48.2 Å². The SMILES string of the molecule is CN1CCC[C@@]2(CCN(Cc3ccc4ccccc4c3)C2)C1=O. The summed E-state index contributed by atoms with van der Waals surface area (Å²) in [5.41, 5.74) is 1.24. The van der Waals surface area contributed by atoms with Gasteiger partial charge in [-0.15, -0.1) is 0 Å². The summed E-state index contributed by atoms with van der Waals surface area (Å²) in [6, 6.07) is 15.2. The second-order valence-electron chi connectivity index (χ2n) is 7.25. The summed E-state index contributed by atoms with van der Waals surface area (Å²) in [4.78, 5) is 17.0. The zero-order valence-corrected chi connectivity index (χ0v) is 13.8. The molecule has 2 aliphatic heterocycles. The molecular weight excluding hydrogens is 284 g/mol. The molecule has 0 unspecified atom stereocenters. The Labute approximate surface area is 137 Å². The quantitative estimate of drug-likeness (QED) is 0.850. The fourth-order valence-corrected chi connectivity index (χ4v) is 4.34. The summed E-state index contributed by atoms with van der Waals surface area (Å²) in [7, 11) is 1.95. The first-order valence-electron chi connectivity index (χ1n) is 8.62. The minimum atomic E-state index is -0.107. The van der Waals surface area contributed by atoms with Gasteiger partial charge in [0.1, 0.15) is 0 Å². The summed E-state index contributed by atoms with van der Waals surface area (Å²) in [5, 5.41) is 2.59. The number of amides is 1. The second kappa shape index (κ2) is 5.64. The van der Waals surface area contributed by atoms with Crippen LogP contribution in [0.15, 0.2) is 42.5 Å². The molecule has 0 radical (unpaired) electrons. The molecule has 2 heterocycles. The summed E-state index contributed by atoms with van der Waals surface area (Å²) in [6.45, 7) is 3.82. The number of piperidine rings is 1. The Morgan fingerprint density at radius 2 is 1.87 bits per heavy atom. The summed E-state index contributed by atoms with van der Waals surface area (Å²) in [5.74, 6) is 0.366. The van der Waals surface area contributed by atoms with Gasteiger partial charge in [-0.25, -0.2) is 0 Å². The molecule has 2 saturated heterocycles. The highest BCUT2D eigenvalue weighted by Gasteiger charge is 2.47. The van der Waals surface area contributed by atoms with Crippen LogP contribution in [0.1, 0.15) is 24.8 Å². The van der Waals surface area contributed by atoms with E-state index in [0.29, 0.717) is 5.91 Å². The van der Waals surface area contributed by atoms with Crippen molar-refractivity contribution in [3.8, 4) is 0 Å². The van der Waals surface area contributed by atoms with E-state index in [2.05, 4.69) is 47.4 Å². The second-order valence-corrected chi connectivity index (χ2v) is 7.25. The Morgan fingerprint density at radius 1 is 1.04 bits per heavy atom. The molecule has 2 aromatic carbocycles. The molecule has 1 amide bonds. The van der Waals surface area contributed by atoms with E-state index < -0.39 is 0 Å². The molecule has 3 nitrogen and oxygen atoms in total. The fourth-order valence-electron chi connectivity index (χ4n) is 4.34. The van der Waals surface area contributed by atoms with E-state index >= 15 is 0 Å². The fraction of sp³-hybridized carbons (Fsp3) is 0.450. The Bertz CT molecular complexity index is 741. The lowest BCUT2D eigenvalue weighted by Crippen LogP contribution is -2.48. The standard InChI is InChI=1S/C20H24N2O/c1-21-11-4-9-20(19(21)23)10-12-22(15-20)14-16-7-8-17-5-2-3-6-18(17)13-16/h2-3,5-8,13H,4,9-12,14-15H2,1H3/t20-/m0/s1. The van der Waals surface area contributed by atoms with Crippen LogP contribution in [0.2, 0.25) is 0 Å². The summed E-state index contributed by atoms with van der Waals surface area (Å²) in [6.07, 6.45) is 3.22. The molecule has 0 aromatic heterocycles. The molecule has 120 valence electrons. The number of hydrogen-bond acceptors (Lipinski definition) is 2. The zero-order chi connectivity index (χ0) is 15.9. The normalized spacial score (nSPS) is 25.6. The molecule has 1 spiro atoms. The maximum absolute atomic E-state index is 12.6. The predicted octanol–water partition coefficient (Wildman–Crippen LogP) is 3.28. The number of carbonyl (C=O) groups excluding carboxylic acids is 1. The van der Waals surface area contributed by atoms with Crippen molar-refractivity contribution in [2.24, 2.45) is 5.41 Å². The largest absolute Gasteiger partial charge is 0.345 e. The van der Waals surface area contributed by atoms with E-state index in [1.807, 2.05) is 11.9 Å². The average molecular weight is 308 g/mol. The van der Waals surface area contributed by atoms with Crippen LogP contribution in [0.25, 0.3) is 10.8 Å². The van der Waals surface area contributed by atoms with Gasteiger partial charge in [0, 0.05) is 26.7 Å². The summed E-state index contributed by atoms with van der Waals surface area (Å²) < 4.78 is 0. The highest BCUT2D eigenvalue weighted by atomic mass is 16.2. The zero-order valence-electron chi connectivity index (χ0n) is 13.8. The van der Waals surface area contributed by atoms with Crippen molar-refractivity contribution in [1.29, 1.82) is 0 Å². The molecule has 3 heteroatoms. The molecule has 0 N–H and O–H groups in total. The molecule has 0 bridgehead atoms. The molecule has 2 fully saturated rings. The van der Waals surface area contributed by atoms with Crippen LogP contribution in [0, 0.1) is 5.41 Å². The Hall–Kier alpha value is -1.87. The van der Waals surface area contributed by atoms with E-state index in [1.165, 1.54) is 16.3 Å². The smallest absolute Gasteiger partial charge is 0.229 e. The average Bonchev–Trinajstić information content (AvgIpc) is 2.96. The van der Waals surface area contributed by atoms with Crippen molar-refractivity contribution in [2.75, 3.05) is 26.7 Å². The minimum Gasteiger partial charge on any atom is -0.345 e. The highest BCUT2D eigenvalue weighted by molar-refractivity contribution is 5.84. The topological polar surface area (TPSA) is 23.6 Å². The van der Waals surface area contributed by atoms with Gasteiger partial charge < -0.3 is 4.90 Å². The number of fused-ring (bicyclic) bond motifs is 1. The van der Waals surface area contributed by atoms with E-state index in [9.17, 15) is 4.79 Å². The Morgan fingerprint density at radius 3 is 2.74 bits per heavy atom. The van der Waals surface area contributed by atoms with Crippen LogP contribution in [-0.2, 0) is 11.3 Å². The first kappa shape index (κ1) is 14.7. The number of hydrogen-bond donors (Lipinski definition) is 0. The van der Waals surface area contributed by atoms with Crippen LogP contribution in [0.5, 0.6) is 0 Å².